The molecule has 136 valence electrons. The molecule has 1 heterocycles. The Bertz CT molecular complexity index is 596. The van der Waals surface area contributed by atoms with E-state index in [0.717, 1.165) is 25.7 Å². The highest BCUT2D eigenvalue weighted by atomic mass is 16.3. The van der Waals surface area contributed by atoms with Crippen LogP contribution in [0.5, 0.6) is 0 Å². The summed E-state index contributed by atoms with van der Waals surface area (Å²) >= 11 is 0. The van der Waals surface area contributed by atoms with Gasteiger partial charge in [0.25, 0.3) is 11.8 Å². The predicted octanol–water partition coefficient (Wildman–Crippen LogP) is 2.59. The van der Waals surface area contributed by atoms with Gasteiger partial charge in [-0.25, -0.2) is 0 Å². The Kier molecular flexibility index (Phi) is 5.86. The lowest BCUT2D eigenvalue weighted by molar-refractivity contribution is 0.0649. The van der Waals surface area contributed by atoms with Gasteiger partial charge in [-0.2, -0.15) is 0 Å². The first-order valence-corrected chi connectivity index (χ1v) is 9.44. The fraction of sp³-hybridized carbons (Fsp3) is 0.600. The number of imide groups is 1. The SMILES string of the molecule is CC(CCCN1C(=O)c2ccccc2C1=O)NC1CCCCC1CO. The minimum atomic E-state index is -0.172. The van der Waals surface area contributed by atoms with E-state index >= 15 is 0 Å². The Morgan fingerprint density at radius 3 is 2.44 bits per heavy atom. The van der Waals surface area contributed by atoms with Crippen LogP contribution in [0.3, 0.4) is 0 Å². The van der Waals surface area contributed by atoms with E-state index < -0.39 is 0 Å². The maximum absolute atomic E-state index is 12.3. The first-order valence-electron chi connectivity index (χ1n) is 9.44. The third-order valence-electron chi connectivity index (χ3n) is 5.54. The van der Waals surface area contributed by atoms with Crippen LogP contribution in [-0.4, -0.2) is 47.1 Å². The summed E-state index contributed by atoms with van der Waals surface area (Å²) in [5.41, 5.74) is 1.04. The topological polar surface area (TPSA) is 69.6 Å². The van der Waals surface area contributed by atoms with Crippen molar-refractivity contribution >= 4 is 11.8 Å². The van der Waals surface area contributed by atoms with Crippen LogP contribution >= 0.6 is 0 Å². The van der Waals surface area contributed by atoms with Gasteiger partial charge in [0.15, 0.2) is 0 Å². The zero-order valence-corrected chi connectivity index (χ0v) is 14.9. The molecule has 0 spiro atoms. The van der Waals surface area contributed by atoms with Crippen LogP contribution in [0.1, 0.15) is 66.2 Å². The normalized spacial score (nSPS) is 24.5. The van der Waals surface area contributed by atoms with E-state index in [1.807, 2.05) is 0 Å². The largest absolute Gasteiger partial charge is 0.396 e. The minimum absolute atomic E-state index is 0.172. The Morgan fingerprint density at radius 2 is 1.80 bits per heavy atom. The third kappa shape index (κ3) is 3.93. The fourth-order valence-corrected chi connectivity index (χ4v) is 4.09. The molecule has 3 unspecified atom stereocenters. The number of carbonyl (C=O) groups is 2. The zero-order valence-electron chi connectivity index (χ0n) is 14.9. The predicted molar refractivity (Wildman–Crippen MR) is 96.5 cm³/mol. The summed E-state index contributed by atoms with van der Waals surface area (Å²) in [5, 5.41) is 13.2. The summed E-state index contributed by atoms with van der Waals surface area (Å²) in [6.45, 7) is 2.86. The van der Waals surface area contributed by atoms with Crippen molar-refractivity contribution in [2.75, 3.05) is 13.2 Å². The molecule has 0 aromatic heterocycles. The Balaban J connectivity index is 1.47. The highest BCUT2D eigenvalue weighted by molar-refractivity contribution is 6.21. The van der Waals surface area contributed by atoms with Crippen LogP contribution in [0, 0.1) is 5.92 Å². The summed E-state index contributed by atoms with van der Waals surface area (Å²) < 4.78 is 0. The maximum Gasteiger partial charge on any atom is 0.261 e. The van der Waals surface area contributed by atoms with Crippen molar-refractivity contribution < 1.29 is 14.7 Å². The van der Waals surface area contributed by atoms with Crippen molar-refractivity contribution in [3.63, 3.8) is 0 Å². The molecule has 3 rings (SSSR count). The molecule has 2 N–H and O–H groups in total. The Labute approximate surface area is 149 Å². The Hall–Kier alpha value is -1.72. The summed E-state index contributed by atoms with van der Waals surface area (Å²) in [6, 6.07) is 7.72. The number of nitrogens with one attached hydrogen (secondary N) is 1. The molecule has 1 saturated carbocycles. The molecule has 2 amide bonds. The second-order valence-electron chi connectivity index (χ2n) is 7.35. The third-order valence-corrected chi connectivity index (χ3v) is 5.54. The lowest BCUT2D eigenvalue weighted by atomic mass is 9.84. The molecule has 0 radical (unpaired) electrons. The van der Waals surface area contributed by atoms with Gasteiger partial charge in [-0.3, -0.25) is 14.5 Å². The quantitative estimate of drug-likeness (QED) is 0.746. The summed E-state index contributed by atoms with van der Waals surface area (Å²) in [7, 11) is 0. The van der Waals surface area contributed by atoms with Gasteiger partial charge in [-0.1, -0.05) is 25.0 Å². The van der Waals surface area contributed by atoms with Crippen LogP contribution in [0.15, 0.2) is 24.3 Å². The van der Waals surface area contributed by atoms with Crippen molar-refractivity contribution in [3.8, 4) is 0 Å². The van der Waals surface area contributed by atoms with E-state index in [4.69, 9.17) is 0 Å². The average molecular weight is 344 g/mol. The first-order chi connectivity index (χ1) is 12.1. The standard InChI is InChI=1S/C20H28N2O3/c1-14(21-18-11-5-2-8-15(18)13-23)7-6-12-22-19(24)16-9-3-4-10-17(16)20(22)25/h3-4,9-10,14-15,18,21,23H,2,5-8,11-13H2,1H3. The summed E-state index contributed by atoms with van der Waals surface area (Å²) in [4.78, 5) is 26.1. The van der Waals surface area contributed by atoms with E-state index in [1.54, 1.807) is 24.3 Å². The molecule has 25 heavy (non-hydrogen) atoms. The first kappa shape index (κ1) is 18.1. The maximum atomic E-state index is 12.3. The summed E-state index contributed by atoms with van der Waals surface area (Å²) in [6.07, 6.45) is 6.33. The van der Waals surface area contributed by atoms with E-state index in [1.165, 1.54) is 17.7 Å². The number of amides is 2. The van der Waals surface area contributed by atoms with Gasteiger partial charge in [0.05, 0.1) is 11.1 Å². The van der Waals surface area contributed by atoms with Crippen molar-refractivity contribution in [2.45, 2.75) is 57.5 Å². The monoisotopic (exact) mass is 344 g/mol. The second kappa shape index (κ2) is 8.11. The molecule has 1 aliphatic heterocycles. The van der Waals surface area contributed by atoms with E-state index in [2.05, 4.69) is 12.2 Å². The van der Waals surface area contributed by atoms with Crippen molar-refractivity contribution in [1.82, 2.24) is 10.2 Å². The smallest absolute Gasteiger partial charge is 0.261 e. The van der Waals surface area contributed by atoms with Crippen LogP contribution < -0.4 is 5.32 Å². The number of hydrogen-bond acceptors (Lipinski definition) is 4. The number of rotatable bonds is 7. The lowest BCUT2D eigenvalue weighted by Gasteiger charge is -2.33. The second-order valence-corrected chi connectivity index (χ2v) is 7.35. The molecule has 1 aromatic carbocycles. The van der Waals surface area contributed by atoms with Gasteiger partial charge in [0.2, 0.25) is 0 Å². The number of benzene rings is 1. The fourth-order valence-electron chi connectivity index (χ4n) is 4.09. The van der Waals surface area contributed by atoms with E-state index in [0.29, 0.717) is 35.7 Å². The molecular weight excluding hydrogens is 316 g/mol. The van der Waals surface area contributed by atoms with Gasteiger partial charge >= 0.3 is 0 Å². The number of aliphatic hydroxyl groups is 1. The van der Waals surface area contributed by atoms with Crippen molar-refractivity contribution in [1.29, 1.82) is 0 Å². The van der Waals surface area contributed by atoms with Crippen LogP contribution in [0.2, 0.25) is 0 Å². The lowest BCUT2D eigenvalue weighted by Crippen LogP contribution is -2.44. The molecule has 1 aromatic rings. The number of hydrogen-bond donors (Lipinski definition) is 2. The van der Waals surface area contributed by atoms with Crippen LogP contribution in [-0.2, 0) is 0 Å². The van der Waals surface area contributed by atoms with Crippen LogP contribution in [0.25, 0.3) is 0 Å². The molecule has 5 heteroatoms. The molecule has 2 aliphatic rings. The number of fused-ring (bicyclic) bond motifs is 1. The van der Waals surface area contributed by atoms with Gasteiger partial charge in [0.1, 0.15) is 0 Å². The molecular formula is C20H28N2O3. The molecule has 0 bridgehead atoms. The summed E-state index contributed by atoms with van der Waals surface area (Å²) in [5.74, 6) is 0.00936. The van der Waals surface area contributed by atoms with E-state index in [9.17, 15) is 14.7 Å². The molecule has 0 saturated heterocycles. The zero-order chi connectivity index (χ0) is 17.8. The molecule has 1 aliphatic carbocycles. The van der Waals surface area contributed by atoms with Gasteiger partial charge in [-0.05, 0) is 50.7 Å². The highest BCUT2D eigenvalue weighted by Gasteiger charge is 2.34. The number of aliphatic hydroxyl groups excluding tert-OH is 1. The highest BCUT2D eigenvalue weighted by Crippen LogP contribution is 2.25. The molecule has 3 atom stereocenters. The molecule has 1 fully saturated rings. The van der Waals surface area contributed by atoms with E-state index in [-0.39, 0.29) is 18.4 Å². The van der Waals surface area contributed by atoms with Crippen molar-refractivity contribution in [2.24, 2.45) is 5.92 Å². The average Bonchev–Trinajstić information content (AvgIpc) is 2.87. The van der Waals surface area contributed by atoms with Crippen molar-refractivity contribution in [3.05, 3.63) is 35.4 Å². The van der Waals surface area contributed by atoms with Crippen LogP contribution in [0.4, 0.5) is 0 Å². The minimum Gasteiger partial charge on any atom is -0.396 e. The van der Waals surface area contributed by atoms with Gasteiger partial charge in [-0.15, -0.1) is 0 Å². The number of carbonyl (C=O) groups excluding carboxylic acids is 2. The van der Waals surface area contributed by atoms with Gasteiger partial charge < -0.3 is 10.4 Å². The Morgan fingerprint density at radius 1 is 1.16 bits per heavy atom. The number of nitrogens with zero attached hydrogens (tertiary/aromatic N) is 1. The van der Waals surface area contributed by atoms with Gasteiger partial charge in [0, 0.05) is 25.2 Å². The molecule has 5 nitrogen and oxygen atoms in total.